The number of carbonyl (C=O) groups excluding carboxylic acids is 2. The lowest BCUT2D eigenvalue weighted by molar-refractivity contribution is -0.128. The molecule has 0 heterocycles. The summed E-state index contributed by atoms with van der Waals surface area (Å²) in [5.41, 5.74) is 2.32. The molecule has 0 aliphatic heterocycles. The quantitative estimate of drug-likeness (QED) is 0.264. The molecule has 0 saturated heterocycles. The van der Waals surface area contributed by atoms with E-state index in [4.69, 9.17) is 4.74 Å². The minimum absolute atomic E-state index is 0.0798. The van der Waals surface area contributed by atoms with E-state index in [-0.39, 0.29) is 5.78 Å². The predicted octanol–water partition coefficient (Wildman–Crippen LogP) is 5.20. The van der Waals surface area contributed by atoms with Gasteiger partial charge in [0.25, 0.3) is 0 Å². The van der Waals surface area contributed by atoms with Crippen LogP contribution < -0.4 is 4.74 Å². The zero-order valence-corrected chi connectivity index (χ0v) is 14.6. The number of hydrogen-bond donors (Lipinski definition) is 0. The molecule has 0 fully saturated rings. The second-order valence-electron chi connectivity index (χ2n) is 5.80. The Bertz CT molecular complexity index is 971. The van der Waals surface area contributed by atoms with Crippen LogP contribution in [0.5, 0.6) is 5.75 Å². The van der Waals surface area contributed by atoms with Gasteiger partial charge < -0.3 is 4.74 Å². The fourth-order valence-electron chi connectivity index (χ4n) is 2.43. The van der Waals surface area contributed by atoms with Crippen molar-refractivity contribution in [1.82, 2.24) is 0 Å². The maximum absolute atomic E-state index is 12.1. The van der Waals surface area contributed by atoms with Crippen LogP contribution in [0.25, 0.3) is 12.2 Å². The number of allylic oxidation sites excluding steroid dienone is 1. The molecule has 0 aliphatic carbocycles. The molecule has 0 atom stereocenters. The molecule has 132 valence electrons. The molecule has 3 heteroatoms. The molecule has 3 aromatic rings. The molecular formula is C24H18O3. The van der Waals surface area contributed by atoms with Gasteiger partial charge in [-0.15, -0.1) is 0 Å². The lowest BCUT2D eigenvalue weighted by Gasteiger charge is -2.02. The molecule has 27 heavy (non-hydrogen) atoms. The summed E-state index contributed by atoms with van der Waals surface area (Å²) in [6.45, 7) is 0. The third-order valence-corrected chi connectivity index (χ3v) is 3.77. The van der Waals surface area contributed by atoms with Crippen molar-refractivity contribution >= 4 is 23.9 Å². The molecule has 0 unspecified atom stereocenters. The first-order valence-electron chi connectivity index (χ1n) is 8.53. The van der Waals surface area contributed by atoms with Crippen LogP contribution in [0, 0.1) is 0 Å². The molecule has 0 N–H and O–H groups in total. The Hall–Kier alpha value is -3.72. The van der Waals surface area contributed by atoms with Crippen LogP contribution in [0.3, 0.4) is 0 Å². The maximum Gasteiger partial charge on any atom is 0.336 e. The Morgan fingerprint density at radius 1 is 0.667 bits per heavy atom. The number of rotatable bonds is 6. The average Bonchev–Trinajstić information content (AvgIpc) is 2.72. The zero-order chi connectivity index (χ0) is 18.9. The summed E-state index contributed by atoms with van der Waals surface area (Å²) in [5, 5.41) is 0. The van der Waals surface area contributed by atoms with Crippen LogP contribution in [-0.2, 0) is 4.79 Å². The van der Waals surface area contributed by atoms with Crippen molar-refractivity contribution in [3.05, 3.63) is 114 Å². The molecular weight excluding hydrogens is 336 g/mol. The highest BCUT2D eigenvalue weighted by Crippen LogP contribution is 2.15. The number of hydrogen-bond acceptors (Lipinski definition) is 3. The topological polar surface area (TPSA) is 43.4 Å². The van der Waals surface area contributed by atoms with E-state index in [0.29, 0.717) is 11.3 Å². The van der Waals surface area contributed by atoms with Crippen LogP contribution >= 0.6 is 0 Å². The van der Waals surface area contributed by atoms with Crippen molar-refractivity contribution < 1.29 is 14.3 Å². The number of carbonyl (C=O) groups is 2. The third-order valence-electron chi connectivity index (χ3n) is 3.77. The molecule has 3 rings (SSSR count). The van der Waals surface area contributed by atoms with E-state index in [1.54, 1.807) is 42.5 Å². The number of esters is 1. The molecule has 3 aromatic carbocycles. The van der Waals surface area contributed by atoms with Crippen LogP contribution in [0.15, 0.2) is 97.1 Å². The van der Waals surface area contributed by atoms with E-state index >= 15 is 0 Å². The lowest BCUT2D eigenvalue weighted by atomic mass is 10.1. The standard InChI is InChI=1S/C24H18O3/c25-23(21-11-5-2-6-12-21)16-14-20-10-7-13-22(18-20)27-24(26)17-15-19-8-3-1-4-9-19/h1-18H. The first-order valence-corrected chi connectivity index (χ1v) is 8.53. The normalized spacial score (nSPS) is 11.0. The summed E-state index contributed by atoms with van der Waals surface area (Å²) in [6.07, 6.45) is 6.29. The van der Waals surface area contributed by atoms with Gasteiger partial charge in [-0.05, 0) is 35.4 Å². The van der Waals surface area contributed by atoms with Gasteiger partial charge >= 0.3 is 5.97 Å². The molecule has 0 amide bonds. The maximum atomic E-state index is 12.1. The highest BCUT2D eigenvalue weighted by molar-refractivity contribution is 6.06. The first kappa shape index (κ1) is 18.1. The highest BCUT2D eigenvalue weighted by atomic mass is 16.5. The van der Waals surface area contributed by atoms with Gasteiger partial charge in [0.2, 0.25) is 0 Å². The van der Waals surface area contributed by atoms with Gasteiger partial charge in [-0.25, -0.2) is 4.79 Å². The molecule has 0 radical (unpaired) electrons. The van der Waals surface area contributed by atoms with E-state index < -0.39 is 5.97 Å². The first-order chi connectivity index (χ1) is 13.2. The van der Waals surface area contributed by atoms with E-state index in [9.17, 15) is 9.59 Å². The van der Waals surface area contributed by atoms with Crippen LogP contribution in [0.2, 0.25) is 0 Å². The molecule has 0 bridgehead atoms. The Balaban J connectivity index is 1.63. The minimum atomic E-state index is -0.458. The number of ketones is 1. The van der Waals surface area contributed by atoms with Gasteiger partial charge in [0.05, 0.1) is 0 Å². The van der Waals surface area contributed by atoms with Gasteiger partial charge in [-0.3, -0.25) is 4.79 Å². The van der Waals surface area contributed by atoms with Crippen molar-refractivity contribution in [3.63, 3.8) is 0 Å². The van der Waals surface area contributed by atoms with Gasteiger partial charge in [0.1, 0.15) is 5.75 Å². The van der Waals surface area contributed by atoms with Crippen LogP contribution in [0.1, 0.15) is 21.5 Å². The largest absolute Gasteiger partial charge is 0.423 e. The van der Waals surface area contributed by atoms with E-state index in [2.05, 4.69) is 0 Å². The van der Waals surface area contributed by atoms with Crippen molar-refractivity contribution in [1.29, 1.82) is 0 Å². The van der Waals surface area contributed by atoms with Crippen molar-refractivity contribution in [2.24, 2.45) is 0 Å². The molecule has 0 saturated carbocycles. The second-order valence-corrected chi connectivity index (χ2v) is 5.80. The van der Waals surface area contributed by atoms with Crippen LogP contribution in [0.4, 0.5) is 0 Å². The summed E-state index contributed by atoms with van der Waals surface area (Å²) in [7, 11) is 0. The van der Waals surface area contributed by atoms with Crippen molar-refractivity contribution in [3.8, 4) is 5.75 Å². The third kappa shape index (κ3) is 5.65. The molecule has 0 aliphatic rings. The Morgan fingerprint density at radius 3 is 2.04 bits per heavy atom. The van der Waals surface area contributed by atoms with Gasteiger partial charge in [-0.1, -0.05) is 78.9 Å². The summed E-state index contributed by atoms with van der Waals surface area (Å²) >= 11 is 0. The van der Waals surface area contributed by atoms with Gasteiger partial charge in [0, 0.05) is 11.6 Å². The zero-order valence-electron chi connectivity index (χ0n) is 14.6. The Morgan fingerprint density at radius 2 is 1.30 bits per heavy atom. The molecule has 3 nitrogen and oxygen atoms in total. The average molecular weight is 354 g/mol. The Kier molecular flexibility index (Phi) is 6.10. The van der Waals surface area contributed by atoms with E-state index in [0.717, 1.165) is 11.1 Å². The fourth-order valence-corrected chi connectivity index (χ4v) is 2.43. The van der Waals surface area contributed by atoms with Crippen molar-refractivity contribution in [2.45, 2.75) is 0 Å². The molecule has 0 aromatic heterocycles. The van der Waals surface area contributed by atoms with Gasteiger partial charge in [0.15, 0.2) is 5.78 Å². The fraction of sp³-hybridized carbons (Fsp3) is 0. The molecule has 0 spiro atoms. The SMILES string of the molecule is O=C(C=Cc1ccccc1)Oc1cccc(C=CC(=O)c2ccccc2)c1. The van der Waals surface area contributed by atoms with E-state index in [1.807, 2.05) is 54.6 Å². The number of benzene rings is 3. The lowest BCUT2D eigenvalue weighted by Crippen LogP contribution is -2.03. The summed E-state index contributed by atoms with van der Waals surface area (Å²) in [4.78, 5) is 24.1. The highest BCUT2D eigenvalue weighted by Gasteiger charge is 2.02. The van der Waals surface area contributed by atoms with Gasteiger partial charge in [-0.2, -0.15) is 0 Å². The minimum Gasteiger partial charge on any atom is -0.423 e. The Labute approximate surface area is 158 Å². The summed E-state index contributed by atoms with van der Waals surface area (Å²) < 4.78 is 5.32. The number of ether oxygens (including phenoxy) is 1. The monoisotopic (exact) mass is 354 g/mol. The smallest absolute Gasteiger partial charge is 0.336 e. The summed E-state index contributed by atoms with van der Waals surface area (Å²) in [5.74, 6) is -0.115. The second kappa shape index (κ2) is 9.11. The van der Waals surface area contributed by atoms with E-state index in [1.165, 1.54) is 12.2 Å². The van der Waals surface area contributed by atoms with Crippen molar-refractivity contribution in [2.75, 3.05) is 0 Å². The summed E-state index contributed by atoms with van der Waals surface area (Å²) in [6, 6.07) is 25.6. The predicted molar refractivity (Wildman–Crippen MR) is 107 cm³/mol. The van der Waals surface area contributed by atoms with Crippen LogP contribution in [-0.4, -0.2) is 11.8 Å².